The summed E-state index contributed by atoms with van der Waals surface area (Å²) in [5, 5.41) is 0. The summed E-state index contributed by atoms with van der Waals surface area (Å²) in [6.45, 7) is 1.59. The minimum absolute atomic E-state index is 0.104. The minimum Gasteiger partial charge on any atom is -0.369 e. The third kappa shape index (κ3) is 2.99. The van der Waals surface area contributed by atoms with Gasteiger partial charge in [-0.25, -0.2) is 17.5 Å². The van der Waals surface area contributed by atoms with E-state index in [1.807, 2.05) is 0 Å². The van der Waals surface area contributed by atoms with Crippen LogP contribution in [0.1, 0.15) is 24.8 Å². The molecule has 1 amide bonds. The van der Waals surface area contributed by atoms with Gasteiger partial charge < -0.3 is 5.73 Å². The fraction of sp³-hybridized carbons (Fsp3) is 0.462. The van der Waals surface area contributed by atoms with Crippen molar-refractivity contribution in [3.8, 4) is 0 Å². The number of primary amides is 1. The molecule has 0 radical (unpaired) electrons. The van der Waals surface area contributed by atoms with Crippen LogP contribution in [0.4, 0.5) is 4.39 Å². The number of aryl methyl sites for hydroxylation is 1. The van der Waals surface area contributed by atoms with E-state index in [0.29, 0.717) is 18.4 Å². The van der Waals surface area contributed by atoms with Gasteiger partial charge in [0.1, 0.15) is 5.82 Å². The number of nitrogens with two attached hydrogens (primary N) is 1. The Morgan fingerprint density at radius 3 is 2.75 bits per heavy atom. The van der Waals surface area contributed by atoms with Crippen LogP contribution in [0.25, 0.3) is 0 Å². The molecule has 0 unspecified atom stereocenters. The van der Waals surface area contributed by atoms with Gasteiger partial charge in [0.25, 0.3) is 0 Å². The van der Waals surface area contributed by atoms with Crippen LogP contribution >= 0.6 is 0 Å². The normalized spacial score (nSPS) is 22.9. The van der Waals surface area contributed by atoms with Crippen LogP contribution in [-0.4, -0.2) is 20.4 Å². The topological polar surface area (TPSA) is 89.3 Å². The van der Waals surface area contributed by atoms with Crippen LogP contribution in [0, 0.1) is 18.7 Å². The third-order valence-corrected chi connectivity index (χ3v) is 5.26. The standard InChI is InChI=1S/C13H17FN2O3S/c1-8-5-6-9(14)7-12(8)20(18,19)16-11-4-2-3-10(11)13(15)17/h5-7,10-11,16H,2-4H2,1H3,(H2,15,17)/t10-,11+/m1/s1. The van der Waals surface area contributed by atoms with Crippen LogP contribution in [0.2, 0.25) is 0 Å². The molecule has 0 bridgehead atoms. The van der Waals surface area contributed by atoms with Gasteiger partial charge in [0, 0.05) is 6.04 Å². The minimum atomic E-state index is -3.86. The molecule has 1 aliphatic rings. The molecule has 0 aliphatic heterocycles. The molecule has 7 heteroatoms. The van der Waals surface area contributed by atoms with Gasteiger partial charge in [0.2, 0.25) is 15.9 Å². The number of hydrogen-bond acceptors (Lipinski definition) is 3. The Morgan fingerprint density at radius 1 is 1.40 bits per heavy atom. The lowest BCUT2D eigenvalue weighted by molar-refractivity contribution is -0.122. The van der Waals surface area contributed by atoms with Crippen molar-refractivity contribution in [3.05, 3.63) is 29.6 Å². The maximum Gasteiger partial charge on any atom is 0.241 e. The van der Waals surface area contributed by atoms with Gasteiger partial charge in [0.05, 0.1) is 10.8 Å². The number of amides is 1. The Bertz CT molecular complexity index is 631. The first-order chi connectivity index (χ1) is 9.31. The smallest absolute Gasteiger partial charge is 0.241 e. The van der Waals surface area contributed by atoms with Gasteiger partial charge in [-0.05, 0) is 37.5 Å². The molecule has 1 saturated carbocycles. The summed E-state index contributed by atoms with van der Waals surface area (Å²) < 4.78 is 40.3. The maximum atomic E-state index is 13.2. The molecule has 0 spiro atoms. The number of rotatable bonds is 4. The lowest BCUT2D eigenvalue weighted by Crippen LogP contribution is -2.42. The van der Waals surface area contributed by atoms with Crippen molar-refractivity contribution < 1.29 is 17.6 Å². The molecule has 0 saturated heterocycles. The van der Waals surface area contributed by atoms with Crippen LogP contribution in [0.15, 0.2) is 23.1 Å². The van der Waals surface area contributed by atoms with Crippen molar-refractivity contribution in [1.82, 2.24) is 4.72 Å². The monoisotopic (exact) mass is 300 g/mol. The Balaban J connectivity index is 2.27. The number of benzene rings is 1. The first-order valence-electron chi connectivity index (χ1n) is 6.39. The molecule has 0 aromatic heterocycles. The third-order valence-electron chi connectivity index (χ3n) is 3.63. The van der Waals surface area contributed by atoms with Crippen molar-refractivity contribution in [2.45, 2.75) is 37.1 Å². The molecular weight excluding hydrogens is 283 g/mol. The van der Waals surface area contributed by atoms with Crippen molar-refractivity contribution in [3.63, 3.8) is 0 Å². The molecular formula is C13H17FN2O3S. The SMILES string of the molecule is Cc1ccc(F)cc1S(=O)(=O)N[C@H]1CCC[C@H]1C(N)=O. The summed E-state index contributed by atoms with van der Waals surface area (Å²) in [7, 11) is -3.86. The summed E-state index contributed by atoms with van der Waals surface area (Å²) in [5.74, 6) is -1.63. The summed E-state index contributed by atoms with van der Waals surface area (Å²) in [6.07, 6.45) is 1.87. The van der Waals surface area contributed by atoms with E-state index in [4.69, 9.17) is 5.73 Å². The average Bonchev–Trinajstić information content (AvgIpc) is 2.79. The lowest BCUT2D eigenvalue weighted by atomic mass is 10.0. The number of halogens is 1. The summed E-state index contributed by atoms with van der Waals surface area (Å²) in [4.78, 5) is 11.2. The molecule has 1 aliphatic carbocycles. The quantitative estimate of drug-likeness (QED) is 0.871. The molecule has 5 nitrogen and oxygen atoms in total. The molecule has 20 heavy (non-hydrogen) atoms. The molecule has 0 heterocycles. The van der Waals surface area contributed by atoms with Gasteiger partial charge in [-0.1, -0.05) is 12.5 Å². The molecule has 3 N–H and O–H groups in total. The van der Waals surface area contributed by atoms with Crippen LogP contribution in [0.3, 0.4) is 0 Å². The second kappa shape index (κ2) is 5.49. The Hall–Kier alpha value is -1.47. The zero-order chi connectivity index (χ0) is 14.9. The highest BCUT2D eigenvalue weighted by Crippen LogP contribution is 2.27. The zero-order valence-electron chi connectivity index (χ0n) is 11.1. The lowest BCUT2D eigenvalue weighted by Gasteiger charge is -2.19. The first kappa shape index (κ1) is 14.9. The zero-order valence-corrected chi connectivity index (χ0v) is 11.9. The predicted octanol–water partition coefficient (Wildman–Crippen LogP) is 1.07. The van der Waals surface area contributed by atoms with E-state index in [1.165, 1.54) is 12.1 Å². The summed E-state index contributed by atoms with van der Waals surface area (Å²) in [6, 6.07) is 3.08. The van der Waals surface area contributed by atoms with Crippen molar-refractivity contribution in [1.29, 1.82) is 0 Å². The largest absolute Gasteiger partial charge is 0.369 e. The van der Waals surface area contributed by atoms with Crippen molar-refractivity contribution in [2.24, 2.45) is 11.7 Å². The van der Waals surface area contributed by atoms with Gasteiger partial charge in [-0.2, -0.15) is 0 Å². The van der Waals surface area contributed by atoms with E-state index < -0.39 is 33.7 Å². The molecule has 2 atom stereocenters. The van der Waals surface area contributed by atoms with E-state index in [2.05, 4.69) is 4.72 Å². The van der Waals surface area contributed by atoms with E-state index in [0.717, 1.165) is 12.5 Å². The highest BCUT2D eigenvalue weighted by molar-refractivity contribution is 7.89. The fourth-order valence-electron chi connectivity index (χ4n) is 2.57. The predicted molar refractivity (Wildman–Crippen MR) is 71.8 cm³/mol. The number of sulfonamides is 1. The molecule has 1 aromatic rings. The highest BCUT2D eigenvalue weighted by atomic mass is 32.2. The fourth-order valence-corrected chi connectivity index (χ4v) is 4.14. The van der Waals surface area contributed by atoms with E-state index in [-0.39, 0.29) is 4.90 Å². The van der Waals surface area contributed by atoms with E-state index >= 15 is 0 Å². The second-order valence-electron chi connectivity index (χ2n) is 5.08. The van der Waals surface area contributed by atoms with Gasteiger partial charge in [0.15, 0.2) is 0 Å². The van der Waals surface area contributed by atoms with E-state index in [1.54, 1.807) is 6.92 Å². The first-order valence-corrected chi connectivity index (χ1v) is 7.87. The molecule has 1 fully saturated rings. The summed E-state index contributed by atoms with van der Waals surface area (Å²) in [5.41, 5.74) is 5.72. The van der Waals surface area contributed by atoms with Gasteiger partial charge in [-0.15, -0.1) is 0 Å². The highest BCUT2D eigenvalue weighted by Gasteiger charge is 2.35. The molecule has 1 aromatic carbocycles. The maximum absolute atomic E-state index is 13.2. The Morgan fingerprint density at radius 2 is 2.10 bits per heavy atom. The van der Waals surface area contributed by atoms with Crippen LogP contribution in [0.5, 0.6) is 0 Å². The summed E-state index contributed by atoms with van der Waals surface area (Å²) >= 11 is 0. The Labute approximate surface area is 117 Å². The number of carbonyl (C=O) groups excluding carboxylic acids is 1. The van der Waals surface area contributed by atoms with Gasteiger partial charge >= 0.3 is 0 Å². The number of nitrogens with one attached hydrogen (secondary N) is 1. The van der Waals surface area contributed by atoms with E-state index in [9.17, 15) is 17.6 Å². The van der Waals surface area contributed by atoms with Crippen molar-refractivity contribution in [2.75, 3.05) is 0 Å². The second-order valence-corrected chi connectivity index (χ2v) is 6.76. The van der Waals surface area contributed by atoms with Crippen molar-refractivity contribution >= 4 is 15.9 Å². The molecule has 2 rings (SSSR count). The van der Waals surface area contributed by atoms with Crippen LogP contribution < -0.4 is 10.5 Å². The number of hydrogen-bond donors (Lipinski definition) is 2. The number of carbonyl (C=O) groups is 1. The van der Waals surface area contributed by atoms with Gasteiger partial charge in [-0.3, -0.25) is 4.79 Å². The van der Waals surface area contributed by atoms with Crippen LogP contribution in [-0.2, 0) is 14.8 Å². The molecule has 110 valence electrons. The Kier molecular flexibility index (Phi) is 4.10. The average molecular weight is 300 g/mol.